The highest BCUT2D eigenvalue weighted by Crippen LogP contribution is 2.19. The zero-order valence-electron chi connectivity index (χ0n) is 9.14. The number of aromatic nitrogens is 2. The fourth-order valence-electron chi connectivity index (χ4n) is 1.38. The second-order valence-corrected chi connectivity index (χ2v) is 4.28. The molecular formula is C12H10BrN3O. The summed E-state index contributed by atoms with van der Waals surface area (Å²) < 4.78 is 0.745. The van der Waals surface area contributed by atoms with Crippen LogP contribution in [-0.2, 0) is 0 Å². The molecule has 0 aliphatic rings. The van der Waals surface area contributed by atoms with Crippen LogP contribution >= 0.6 is 15.9 Å². The number of carbonyl (C=O) groups is 1. The number of hydrogen-bond acceptors (Lipinski definition) is 3. The Morgan fingerprint density at radius 2 is 1.94 bits per heavy atom. The van der Waals surface area contributed by atoms with Gasteiger partial charge in [0, 0.05) is 18.1 Å². The van der Waals surface area contributed by atoms with Gasteiger partial charge in [0.25, 0.3) is 5.91 Å². The molecule has 0 bridgehead atoms. The third-order valence-corrected chi connectivity index (χ3v) is 2.88. The Morgan fingerprint density at radius 1 is 1.24 bits per heavy atom. The minimum Gasteiger partial charge on any atom is -0.306 e. The zero-order chi connectivity index (χ0) is 12.3. The molecule has 0 atom stereocenters. The molecule has 0 unspecified atom stereocenters. The van der Waals surface area contributed by atoms with Crippen LogP contribution in [0.3, 0.4) is 0 Å². The number of rotatable bonds is 2. The fourth-order valence-corrected chi connectivity index (χ4v) is 1.73. The summed E-state index contributed by atoms with van der Waals surface area (Å²) in [6.07, 6.45) is 3.28. The van der Waals surface area contributed by atoms with Crippen molar-refractivity contribution in [2.24, 2.45) is 0 Å². The lowest BCUT2D eigenvalue weighted by Gasteiger charge is -2.07. The van der Waals surface area contributed by atoms with Crippen molar-refractivity contribution in [3.05, 3.63) is 52.4 Å². The minimum atomic E-state index is -0.213. The molecule has 0 radical (unpaired) electrons. The Kier molecular flexibility index (Phi) is 3.49. The minimum absolute atomic E-state index is 0.213. The maximum absolute atomic E-state index is 12.0. The van der Waals surface area contributed by atoms with Gasteiger partial charge >= 0.3 is 0 Å². The van der Waals surface area contributed by atoms with E-state index in [1.54, 1.807) is 37.5 Å². The van der Waals surface area contributed by atoms with Crippen LogP contribution in [0.15, 0.2) is 41.1 Å². The molecule has 5 heteroatoms. The van der Waals surface area contributed by atoms with Crippen LogP contribution in [0.2, 0.25) is 0 Å². The summed E-state index contributed by atoms with van der Waals surface area (Å²) in [6, 6.07) is 7.07. The molecule has 0 aliphatic heterocycles. The lowest BCUT2D eigenvalue weighted by molar-refractivity contribution is 0.102. The van der Waals surface area contributed by atoms with Crippen molar-refractivity contribution in [2.75, 3.05) is 5.32 Å². The zero-order valence-corrected chi connectivity index (χ0v) is 10.7. The number of hydrogen-bond donors (Lipinski definition) is 1. The average Bonchev–Trinajstić information content (AvgIpc) is 2.32. The van der Waals surface area contributed by atoms with Crippen LogP contribution in [0.4, 0.5) is 5.82 Å². The highest BCUT2D eigenvalue weighted by Gasteiger charge is 2.11. The number of nitrogens with zero attached hydrogens (tertiary/aromatic N) is 2. The number of pyridine rings is 2. The molecule has 17 heavy (non-hydrogen) atoms. The molecule has 0 spiro atoms. The van der Waals surface area contributed by atoms with Crippen molar-refractivity contribution in [3.8, 4) is 0 Å². The van der Waals surface area contributed by atoms with Gasteiger partial charge in [0.2, 0.25) is 0 Å². The van der Waals surface area contributed by atoms with E-state index < -0.39 is 0 Å². The van der Waals surface area contributed by atoms with Gasteiger partial charge in [0.05, 0.1) is 10.0 Å². The van der Waals surface area contributed by atoms with E-state index >= 15 is 0 Å². The van der Waals surface area contributed by atoms with Gasteiger partial charge in [-0.2, -0.15) is 0 Å². The predicted octanol–water partition coefficient (Wildman–Crippen LogP) is 2.80. The number of anilines is 1. The van der Waals surface area contributed by atoms with Crippen molar-refractivity contribution in [2.45, 2.75) is 6.92 Å². The van der Waals surface area contributed by atoms with E-state index in [0.717, 1.165) is 4.47 Å². The van der Waals surface area contributed by atoms with E-state index in [-0.39, 0.29) is 5.91 Å². The molecule has 2 aromatic heterocycles. The highest BCUT2D eigenvalue weighted by atomic mass is 79.9. The van der Waals surface area contributed by atoms with Crippen LogP contribution in [0.1, 0.15) is 16.1 Å². The SMILES string of the molecule is Cc1ncccc1C(=O)Nc1ncccc1Br. The monoisotopic (exact) mass is 291 g/mol. The standard InChI is InChI=1S/C12H10BrN3O/c1-8-9(4-2-6-14-8)12(17)16-11-10(13)5-3-7-15-11/h2-7H,1H3,(H,15,16,17). The van der Waals surface area contributed by atoms with Gasteiger partial charge in [0.1, 0.15) is 5.82 Å². The second-order valence-electron chi connectivity index (χ2n) is 3.42. The third kappa shape index (κ3) is 2.68. The highest BCUT2D eigenvalue weighted by molar-refractivity contribution is 9.10. The van der Waals surface area contributed by atoms with E-state index in [1.165, 1.54) is 0 Å². The summed E-state index contributed by atoms with van der Waals surface area (Å²) >= 11 is 3.32. The molecule has 4 nitrogen and oxygen atoms in total. The molecule has 0 saturated heterocycles. The van der Waals surface area contributed by atoms with Crippen molar-refractivity contribution < 1.29 is 4.79 Å². The lowest BCUT2D eigenvalue weighted by Crippen LogP contribution is -2.15. The number of carbonyl (C=O) groups excluding carboxylic acids is 1. The first-order valence-corrected chi connectivity index (χ1v) is 5.81. The Balaban J connectivity index is 2.24. The maximum atomic E-state index is 12.0. The Hall–Kier alpha value is -1.75. The molecule has 1 amide bonds. The molecule has 2 aromatic rings. The largest absolute Gasteiger partial charge is 0.306 e. The van der Waals surface area contributed by atoms with Crippen LogP contribution in [0.5, 0.6) is 0 Å². The first kappa shape index (κ1) is 11.7. The summed E-state index contributed by atoms with van der Waals surface area (Å²) in [5.41, 5.74) is 1.24. The Bertz CT molecular complexity index is 557. The number of amides is 1. The lowest BCUT2D eigenvalue weighted by atomic mass is 10.2. The van der Waals surface area contributed by atoms with Crippen LogP contribution in [0.25, 0.3) is 0 Å². The number of nitrogens with one attached hydrogen (secondary N) is 1. The fraction of sp³-hybridized carbons (Fsp3) is 0.0833. The number of aryl methyl sites for hydroxylation is 1. The molecule has 0 aliphatic carbocycles. The van der Waals surface area contributed by atoms with Gasteiger partial charge in [-0.3, -0.25) is 9.78 Å². The van der Waals surface area contributed by atoms with E-state index in [1.807, 2.05) is 6.07 Å². The van der Waals surface area contributed by atoms with E-state index in [9.17, 15) is 4.79 Å². The topological polar surface area (TPSA) is 54.9 Å². The predicted molar refractivity (Wildman–Crippen MR) is 68.9 cm³/mol. The van der Waals surface area contributed by atoms with Gasteiger partial charge in [-0.15, -0.1) is 0 Å². The maximum Gasteiger partial charge on any atom is 0.258 e. The van der Waals surface area contributed by atoms with E-state index in [2.05, 4.69) is 31.2 Å². The molecule has 0 saturated carbocycles. The van der Waals surface area contributed by atoms with Gasteiger partial charge in [-0.05, 0) is 47.1 Å². The molecule has 0 fully saturated rings. The van der Waals surface area contributed by atoms with Crippen molar-refractivity contribution >= 4 is 27.7 Å². The average molecular weight is 292 g/mol. The smallest absolute Gasteiger partial charge is 0.258 e. The Morgan fingerprint density at radius 3 is 2.65 bits per heavy atom. The van der Waals surface area contributed by atoms with E-state index in [0.29, 0.717) is 17.1 Å². The summed E-state index contributed by atoms with van der Waals surface area (Å²) in [5.74, 6) is 0.288. The van der Waals surface area contributed by atoms with Gasteiger partial charge in [-0.1, -0.05) is 0 Å². The second kappa shape index (κ2) is 5.05. The van der Waals surface area contributed by atoms with E-state index in [4.69, 9.17) is 0 Å². The molecule has 2 heterocycles. The van der Waals surface area contributed by atoms with Crippen LogP contribution < -0.4 is 5.32 Å². The quantitative estimate of drug-likeness (QED) is 0.926. The summed E-state index contributed by atoms with van der Waals surface area (Å²) in [6.45, 7) is 1.79. The van der Waals surface area contributed by atoms with Crippen molar-refractivity contribution in [1.29, 1.82) is 0 Å². The normalized spacial score (nSPS) is 10.0. The molecule has 0 aromatic carbocycles. The molecule has 86 valence electrons. The molecule has 1 N–H and O–H groups in total. The first-order chi connectivity index (χ1) is 8.18. The van der Waals surface area contributed by atoms with Gasteiger partial charge in [0.15, 0.2) is 0 Å². The van der Waals surface area contributed by atoms with Crippen molar-refractivity contribution in [1.82, 2.24) is 9.97 Å². The molecule has 2 rings (SSSR count). The summed E-state index contributed by atoms with van der Waals surface area (Å²) in [4.78, 5) is 20.1. The summed E-state index contributed by atoms with van der Waals surface area (Å²) in [5, 5.41) is 2.73. The first-order valence-electron chi connectivity index (χ1n) is 5.02. The van der Waals surface area contributed by atoms with Gasteiger partial charge in [-0.25, -0.2) is 4.98 Å². The van der Waals surface area contributed by atoms with Crippen molar-refractivity contribution in [3.63, 3.8) is 0 Å². The number of halogens is 1. The Labute approximate surface area is 107 Å². The summed E-state index contributed by atoms with van der Waals surface area (Å²) in [7, 11) is 0. The van der Waals surface area contributed by atoms with Crippen LogP contribution in [0, 0.1) is 6.92 Å². The van der Waals surface area contributed by atoms with Gasteiger partial charge < -0.3 is 5.32 Å². The van der Waals surface area contributed by atoms with Crippen LogP contribution in [-0.4, -0.2) is 15.9 Å². The molecular weight excluding hydrogens is 282 g/mol. The third-order valence-electron chi connectivity index (χ3n) is 2.24.